The molecule has 2 rings (SSSR count). The van der Waals surface area contributed by atoms with Crippen molar-refractivity contribution in [1.29, 1.82) is 0 Å². The zero-order chi connectivity index (χ0) is 11.7. The first-order chi connectivity index (χ1) is 7.69. The lowest BCUT2D eigenvalue weighted by molar-refractivity contribution is -0.116. The number of rotatable bonds is 2. The van der Waals surface area contributed by atoms with Crippen LogP contribution in [0.3, 0.4) is 0 Å². The largest absolute Gasteiger partial charge is 0.392 e. The molecule has 0 bridgehead atoms. The Labute approximate surface area is 99.1 Å². The van der Waals surface area contributed by atoms with E-state index in [4.69, 9.17) is 0 Å². The third kappa shape index (κ3) is 2.02. The van der Waals surface area contributed by atoms with Crippen molar-refractivity contribution in [3.63, 3.8) is 0 Å². The standard InChI is InChI=1S/C14H26O2/c1-3-9-5-7-11-8-6-10(4-2)14(16)12(11)13(9)15/h9-16H,3-8H2,1-2H3/t9-,10-,11?,12?,13?,14?/m0/s1. The second-order valence-corrected chi connectivity index (χ2v) is 5.81. The highest BCUT2D eigenvalue weighted by atomic mass is 16.3. The number of hydrogen-bond donors (Lipinski definition) is 2. The second-order valence-electron chi connectivity index (χ2n) is 5.81. The Kier molecular flexibility index (Phi) is 3.91. The van der Waals surface area contributed by atoms with Crippen molar-refractivity contribution in [2.75, 3.05) is 0 Å². The van der Waals surface area contributed by atoms with E-state index in [2.05, 4.69) is 13.8 Å². The van der Waals surface area contributed by atoms with Gasteiger partial charge in [-0.05, 0) is 43.4 Å². The Morgan fingerprint density at radius 1 is 0.812 bits per heavy atom. The van der Waals surface area contributed by atoms with E-state index >= 15 is 0 Å². The minimum Gasteiger partial charge on any atom is -0.392 e. The van der Waals surface area contributed by atoms with Crippen molar-refractivity contribution in [1.82, 2.24) is 0 Å². The van der Waals surface area contributed by atoms with Crippen LogP contribution < -0.4 is 0 Å². The lowest BCUT2D eigenvalue weighted by Gasteiger charge is -2.48. The Bertz CT molecular complexity index is 207. The van der Waals surface area contributed by atoms with E-state index in [1.165, 1.54) is 12.8 Å². The van der Waals surface area contributed by atoms with E-state index in [-0.39, 0.29) is 18.1 Å². The highest BCUT2D eigenvalue weighted by Gasteiger charge is 2.46. The normalized spacial score (nSPS) is 48.8. The minimum atomic E-state index is -0.256. The van der Waals surface area contributed by atoms with Gasteiger partial charge in [-0.15, -0.1) is 0 Å². The average Bonchev–Trinajstić information content (AvgIpc) is 2.30. The van der Waals surface area contributed by atoms with Crippen LogP contribution in [0, 0.1) is 23.7 Å². The van der Waals surface area contributed by atoms with E-state index in [0.29, 0.717) is 17.8 Å². The van der Waals surface area contributed by atoms with Gasteiger partial charge in [0.25, 0.3) is 0 Å². The predicted octanol–water partition coefficient (Wildman–Crippen LogP) is 2.58. The van der Waals surface area contributed by atoms with Crippen LogP contribution in [0.1, 0.15) is 52.4 Å². The topological polar surface area (TPSA) is 40.5 Å². The summed E-state index contributed by atoms with van der Waals surface area (Å²) in [5, 5.41) is 20.8. The predicted molar refractivity (Wildman–Crippen MR) is 65.0 cm³/mol. The molecule has 0 radical (unpaired) electrons. The summed E-state index contributed by atoms with van der Waals surface area (Å²) in [4.78, 5) is 0. The molecular formula is C14H26O2. The fraction of sp³-hybridized carbons (Fsp3) is 1.00. The fourth-order valence-corrected chi connectivity index (χ4v) is 4.01. The maximum absolute atomic E-state index is 10.4. The van der Waals surface area contributed by atoms with Crippen molar-refractivity contribution < 1.29 is 10.2 Å². The molecule has 2 fully saturated rings. The zero-order valence-electron chi connectivity index (χ0n) is 10.6. The molecule has 4 atom stereocenters. The van der Waals surface area contributed by atoms with Gasteiger partial charge in [0, 0.05) is 5.92 Å². The van der Waals surface area contributed by atoms with Crippen molar-refractivity contribution in [2.24, 2.45) is 23.7 Å². The molecule has 0 spiro atoms. The first kappa shape index (κ1) is 12.4. The van der Waals surface area contributed by atoms with Crippen LogP contribution in [-0.4, -0.2) is 22.4 Å². The Morgan fingerprint density at radius 3 is 1.62 bits per heavy atom. The molecule has 16 heavy (non-hydrogen) atoms. The van der Waals surface area contributed by atoms with Gasteiger partial charge in [-0.25, -0.2) is 0 Å². The Morgan fingerprint density at radius 2 is 1.25 bits per heavy atom. The van der Waals surface area contributed by atoms with Crippen LogP contribution in [0.2, 0.25) is 0 Å². The van der Waals surface area contributed by atoms with Gasteiger partial charge in [-0.2, -0.15) is 0 Å². The molecule has 0 aromatic carbocycles. The third-order valence-corrected chi connectivity index (χ3v) is 5.16. The van der Waals surface area contributed by atoms with E-state index in [1.807, 2.05) is 0 Å². The monoisotopic (exact) mass is 226 g/mol. The summed E-state index contributed by atoms with van der Waals surface area (Å²) in [5.74, 6) is 1.59. The summed E-state index contributed by atoms with van der Waals surface area (Å²) < 4.78 is 0. The summed E-state index contributed by atoms with van der Waals surface area (Å²) >= 11 is 0. The molecule has 94 valence electrons. The number of aliphatic hydroxyl groups excluding tert-OH is 2. The van der Waals surface area contributed by atoms with Gasteiger partial charge in [0.2, 0.25) is 0 Å². The van der Waals surface area contributed by atoms with E-state index in [0.717, 1.165) is 25.7 Å². The van der Waals surface area contributed by atoms with Gasteiger partial charge in [0.15, 0.2) is 0 Å². The SMILES string of the molecule is CC[C@H]1CCC2CC[C@H](CC)C(O)C2C1O. The third-order valence-electron chi connectivity index (χ3n) is 5.16. The van der Waals surface area contributed by atoms with Crippen LogP contribution in [0.25, 0.3) is 0 Å². The van der Waals surface area contributed by atoms with Gasteiger partial charge in [-0.3, -0.25) is 0 Å². The molecule has 2 nitrogen and oxygen atoms in total. The molecule has 0 saturated heterocycles. The molecule has 0 aliphatic heterocycles. The van der Waals surface area contributed by atoms with Crippen molar-refractivity contribution in [2.45, 2.75) is 64.6 Å². The zero-order valence-corrected chi connectivity index (χ0v) is 10.6. The van der Waals surface area contributed by atoms with Gasteiger partial charge in [0.05, 0.1) is 12.2 Å². The van der Waals surface area contributed by atoms with Crippen LogP contribution >= 0.6 is 0 Å². The Hall–Kier alpha value is -0.0800. The Balaban J connectivity index is 2.10. The maximum atomic E-state index is 10.4. The maximum Gasteiger partial charge on any atom is 0.0623 e. The van der Waals surface area contributed by atoms with E-state index in [1.54, 1.807) is 0 Å². The van der Waals surface area contributed by atoms with E-state index < -0.39 is 0 Å². The second kappa shape index (κ2) is 5.05. The summed E-state index contributed by atoms with van der Waals surface area (Å²) in [5.41, 5.74) is 0. The van der Waals surface area contributed by atoms with Gasteiger partial charge in [0.1, 0.15) is 0 Å². The van der Waals surface area contributed by atoms with Gasteiger partial charge in [-0.1, -0.05) is 26.7 Å². The molecule has 0 heterocycles. The summed E-state index contributed by atoms with van der Waals surface area (Å²) in [6, 6.07) is 0. The number of hydrogen-bond acceptors (Lipinski definition) is 2. The van der Waals surface area contributed by atoms with Crippen LogP contribution in [0.15, 0.2) is 0 Å². The highest BCUT2D eigenvalue weighted by molar-refractivity contribution is 4.95. The lowest BCUT2D eigenvalue weighted by atomic mass is 9.61. The molecule has 0 aromatic heterocycles. The van der Waals surface area contributed by atoms with Crippen LogP contribution in [0.4, 0.5) is 0 Å². The molecule has 2 aliphatic rings. The summed E-state index contributed by atoms with van der Waals surface area (Å²) in [6.45, 7) is 4.31. The summed E-state index contributed by atoms with van der Waals surface area (Å²) in [7, 11) is 0. The van der Waals surface area contributed by atoms with Crippen LogP contribution in [-0.2, 0) is 0 Å². The molecule has 0 amide bonds. The number of fused-ring (bicyclic) bond motifs is 1. The van der Waals surface area contributed by atoms with Crippen molar-refractivity contribution in [3.8, 4) is 0 Å². The molecule has 2 unspecified atom stereocenters. The quantitative estimate of drug-likeness (QED) is 0.760. The molecule has 0 aromatic rings. The molecule has 2 heteroatoms. The van der Waals surface area contributed by atoms with Crippen molar-refractivity contribution >= 4 is 0 Å². The fourth-order valence-electron chi connectivity index (χ4n) is 4.01. The van der Waals surface area contributed by atoms with E-state index in [9.17, 15) is 10.2 Å². The molecule has 2 N–H and O–H groups in total. The molecule has 2 saturated carbocycles. The van der Waals surface area contributed by atoms with Crippen molar-refractivity contribution in [3.05, 3.63) is 0 Å². The smallest absolute Gasteiger partial charge is 0.0623 e. The first-order valence-corrected chi connectivity index (χ1v) is 7.05. The average molecular weight is 226 g/mol. The van der Waals surface area contributed by atoms with Crippen LogP contribution in [0.5, 0.6) is 0 Å². The minimum absolute atomic E-state index is 0.164. The first-order valence-electron chi connectivity index (χ1n) is 7.05. The molecule has 2 aliphatic carbocycles. The highest BCUT2D eigenvalue weighted by Crippen LogP contribution is 2.46. The lowest BCUT2D eigenvalue weighted by Crippen LogP contribution is -2.50. The van der Waals surface area contributed by atoms with Gasteiger partial charge < -0.3 is 10.2 Å². The summed E-state index contributed by atoms with van der Waals surface area (Å²) in [6.07, 6.45) is 6.33. The molecular weight excluding hydrogens is 200 g/mol. The van der Waals surface area contributed by atoms with Gasteiger partial charge >= 0.3 is 0 Å². The number of aliphatic hydroxyl groups is 2.